The van der Waals surface area contributed by atoms with Gasteiger partial charge in [0.2, 0.25) is 0 Å². The van der Waals surface area contributed by atoms with E-state index in [1.165, 1.54) is 6.08 Å². The summed E-state index contributed by atoms with van der Waals surface area (Å²) in [4.78, 5) is 0.195. The van der Waals surface area contributed by atoms with Crippen molar-refractivity contribution in [2.24, 2.45) is 0 Å². The number of aliphatic hydroxyl groups is 1. The predicted molar refractivity (Wildman–Crippen MR) is 82.2 cm³/mol. The molecule has 0 spiro atoms. The SMILES string of the molecule is Cc1ccc(S(=O)(=O)/C=C/[C@H]2O[C@@H]3OC(C)(C)O[C@@H]3[C@H]2O)cc1. The zero-order chi connectivity index (χ0) is 16.8. The Balaban J connectivity index is 1.73. The molecule has 0 aliphatic carbocycles. The maximum absolute atomic E-state index is 12.3. The van der Waals surface area contributed by atoms with Crippen LogP contribution >= 0.6 is 0 Å². The number of aryl methyl sites for hydroxylation is 1. The molecule has 1 aromatic carbocycles. The smallest absolute Gasteiger partial charge is 0.199 e. The lowest BCUT2D eigenvalue weighted by Gasteiger charge is -2.21. The molecule has 2 fully saturated rings. The highest BCUT2D eigenvalue weighted by Crippen LogP contribution is 2.37. The van der Waals surface area contributed by atoms with Gasteiger partial charge in [0.25, 0.3) is 0 Å². The van der Waals surface area contributed by atoms with Crippen LogP contribution in [-0.2, 0) is 24.0 Å². The van der Waals surface area contributed by atoms with Crippen LogP contribution in [0.3, 0.4) is 0 Å². The van der Waals surface area contributed by atoms with E-state index in [0.29, 0.717) is 0 Å². The standard InChI is InChI=1S/C16H20O6S/c1-10-4-6-11(7-5-10)23(18,19)9-8-12-13(17)14-15(20-12)22-16(2,3)21-14/h4-9,12-15,17H,1-3H3/b9-8+/t12-,13+,14-,15-/m1/s1. The van der Waals surface area contributed by atoms with Crippen LogP contribution in [0.2, 0.25) is 0 Å². The molecule has 0 unspecified atom stereocenters. The Morgan fingerprint density at radius 2 is 1.83 bits per heavy atom. The lowest BCUT2D eigenvalue weighted by molar-refractivity contribution is -0.209. The first-order valence-electron chi connectivity index (χ1n) is 7.37. The lowest BCUT2D eigenvalue weighted by atomic mass is 10.1. The molecular weight excluding hydrogens is 320 g/mol. The van der Waals surface area contributed by atoms with Gasteiger partial charge in [-0.25, -0.2) is 8.42 Å². The quantitative estimate of drug-likeness (QED) is 0.898. The molecule has 0 amide bonds. The largest absolute Gasteiger partial charge is 0.387 e. The Hall–Kier alpha value is -1.25. The van der Waals surface area contributed by atoms with Crippen LogP contribution in [0.25, 0.3) is 0 Å². The van der Waals surface area contributed by atoms with Gasteiger partial charge >= 0.3 is 0 Å². The third-order valence-corrected chi connectivity index (χ3v) is 5.29. The molecular formula is C16H20O6S. The number of fused-ring (bicyclic) bond motifs is 1. The van der Waals surface area contributed by atoms with E-state index in [1.807, 2.05) is 6.92 Å². The van der Waals surface area contributed by atoms with Gasteiger partial charge in [-0.1, -0.05) is 17.7 Å². The number of hydrogen-bond acceptors (Lipinski definition) is 6. The number of aliphatic hydroxyl groups excluding tert-OH is 1. The molecule has 1 aromatic rings. The van der Waals surface area contributed by atoms with E-state index < -0.39 is 40.2 Å². The van der Waals surface area contributed by atoms with E-state index in [-0.39, 0.29) is 4.90 Å². The molecule has 7 heteroatoms. The van der Waals surface area contributed by atoms with Crippen molar-refractivity contribution < 1.29 is 27.7 Å². The first kappa shape index (κ1) is 16.6. The van der Waals surface area contributed by atoms with E-state index in [1.54, 1.807) is 38.1 Å². The monoisotopic (exact) mass is 340 g/mol. The first-order valence-corrected chi connectivity index (χ1v) is 8.92. The van der Waals surface area contributed by atoms with Crippen molar-refractivity contribution in [1.29, 1.82) is 0 Å². The molecule has 126 valence electrons. The van der Waals surface area contributed by atoms with E-state index in [0.717, 1.165) is 11.0 Å². The number of hydrogen-bond donors (Lipinski definition) is 1. The first-order chi connectivity index (χ1) is 10.7. The molecule has 3 rings (SSSR count). The molecule has 4 atom stereocenters. The second-order valence-electron chi connectivity index (χ2n) is 6.25. The summed E-state index contributed by atoms with van der Waals surface area (Å²) in [6.07, 6.45) is -1.76. The fraction of sp³-hybridized carbons (Fsp3) is 0.500. The fourth-order valence-electron chi connectivity index (χ4n) is 2.66. The Morgan fingerprint density at radius 1 is 1.17 bits per heavy atom. The van der Waals surface area contributed by atoms with Gasteiger partial charge in [-0.2, -0.15) is 0 Å². The zero-order valence-electron chi connectivity index (χ0n) is 13.2. The van der Waals surface area contributed by atoms with Gasteiger partial charge in [0, 0.05) is 5.41 Å². The molecule has 2 saturated heterocycles. The minimum absolute atomic E-state index is 0.195. The van der Waals surface area contributed by atoms with Crippen LogP contribution < -0.4 is 0 Å². The van der Waals surface area contributed by atoms with Crippen molar-refractivity contribution in [2.75, 3.05) is 0 Å². The minimum Gasteiger partial charge on any atom is -0.387 e. The van der Waals surface area contributed by atoms with Crippen LogP contribution in [0, 0.1) is 6.92 Å². The highest BCUT2D eigenvalue weighted by Gasteiger charge is 2.53. The van der Waals surface area contributed by atoms with E-state index >= 15 is 0 Å². The number of rotatable bonds is 3. The van der Waals surface area contributed by atoms with Crippen molar-refractivity contribution in [3.8, 4) is 0 Å². The second kappa shape index (κ2) is 5.68. The molecule has 0 aromatic heterocycles. The van der Waals surface area contributed by atoms with Gasteiger partial charge in [-0.3, -0.25) is 0 Å². The van der Waals surface area contributed by atoms with Crippen molar-refractivity contribution in [1.82, 2.24) is 0 Å². The molecule has 23 heavy (non-hydrogen) atoms. The van der Waals surface area contributed by atoms with Crippen LogP contribution in [0.5, 0.6) is 0 Å². The second-order valence-corrected chi connectivity index (χ2v) is 8.08. The zero-order valence-corrected chi connectivity index (χ0v) is 14.0. The molecule has 1 N–H and O–H groups in total. The molecule has 0 radical (unpaired) electrons. The summed E-state index contributed by atoms with van der Waals surface area (Å²) >= 11 is 0. The minimum atomic E-state index is -3.59. The number of ether oxygens (including phenoxy) is 3. The summed E-state index contributed by atoms with van der Waals surface area (Å²) < 4.78 is 41.2. The average molecular weight is 340 g/mol. The number of benzene rings is 1. The Morgan fingerprint density at radius 3 is 2.43 bits per heavy atom. The van der Waals surface area contributed by atoms with Crippen LogP contribution in [-0.4, -0.2) is 43.9 Å². The fourth-order valence-corrected chi connectivity index (χ4v) is 3.70. The summed E-state index contributed by atoms with van der Waals surface area (Å²) in [5.74, 6) is -0.820. The Labute approximate surface area is 135 Å². The van der Waals surface area contributed by atoms with Gasteiger partial charge < -0.3 is 19.3 Å². The molecule has 6 nitrogen and oxygen atoms in total. The van der Waals surface area contributed by atoms with E-state index in [4.69, 9.17) is 14.2 Å². The summed E-state index contributed by atoms with van der Waals surface area (Å²) in [6, 6.07) is 6.56. The summed E-state index contributed by atoms with van der Waals surface area (Å²) in [5.41, 5.74) is 0.979. The highest BCUT2D eigenvalue weighted by atomic mass is 32.2. The number of sulfone groups is 1. The van der Waals surface area contributed by atoms with E-state index in [2.05, 4.69) is 0 Å². The van der Waals surface area contributed by atoms with Crippen LogP contribution in [0.1, 0.15) is 19.4 Å². The Bertz CT molecular complexity index is 707. The van der Waals surface area contributed by atoms with Gasteiger partial charge in [-0.05, 0) is 39.0 Å². The predicted octanol–water partition coefficient (Wildman–Crippen LogP) is 1.52. The molecule has 2 heterocycles. The van der Waals surface area contributed by atoms with Crippen molar-refractivity contribution in [3.63, 3.8) is 0 Å². The van der Waals surface area contributed by atoms with Gasteiger partial charge in [0.1, 0.15) is 18.3 Å². The molecule has 0 saturated carbocycles. The topological polar surface area (TPSA) is 82.1 Å². The molecule has 2 aliphatic rings. The third-order valence-electron chi connectivity index (χ3n) is 3.85. The molecule has 0 bridgehead atoms. The van der Waals surface area contributed by atoms with Gasteiger partial charge in [0.15, 0.2) is 21.9 Å². The highest BCUT2D eigenvalue weighted by molar-refractivity contribution is 7.94. The van der Waals surface area contributed by atoms with Gasteiger partial charge in [-0.15, -0.1) is 0 Å². The van der Waals surface area contributed by atoms with Crippen molar-refractivity contribution in [2.45, 2.75) is 56.1 Å². The van der Waals surface area contributed by atoms with Gasteiger partial charge in [0.05, 0.1) is 4.90 Å². The summed E-state index contributed by atoms with van der Waals surface area (Å²) in [7, 11) is -3.59. The maximum Gasteiger partial charge on any atom is 0.199 e. The van der Waals surface area contributed by atoms with Crippen LogP contribution in [0.4, 0.5) is 0 Å². The van der Waals surface area contributed by atoms with Crippen LogP contribution in [0.15, 0.2) is 40.6 Å². The Kier molecular flexibility index (Phi) is 4.10. The average Bonchev–Trinajstić information content (AvgIpc) is 2.91. The normalized spacial score (nSPS) is 33.2. The van der Waals surface area contributed by atoms with E-state index in [9.17, 15) is 13.5 Å². The van der Waals surface area contributed by atoms with Crippen molar-refractivity contribution in [3.05, 3.63) is 41.3 Å². The summed E-state index contributed by atoms with van der Waals surface area (Å²) in [5, 5.41) is 11.3. The molecule has 2 aliphatic heterocycles. The third kappa shape index (κ3) is 3.34. The summed E-state index contributed by atoms with van der Waals surface area (Å²) in [6.45, 7) is 5.34. The lowest BCUT2D eigenvalue weighted by Crippen LogP contribution is -2.33. The maximum atomic E-state index is 12.3. The van der Waals surface area contributed by atoms with Crippen molar-refractivity contribution >= 4 is 9.84 Å².